The summed E-state index contributed by atoms with van der Waals surface area (Å²) < 4.78 is 26.7. The van der Waals surface area contributed by atoms with E-state index in [1.54, 1.807) is 54.6 Å². The van der Waals surface area contributed by atoms with Crippen molar-refractivity contribution in [3.05, 3.63) is 60.2 Å². The van der Waals surface area contributed by atoms with Gasteiger partial charge in [0.05, 0.1) is 10.6 Å². The van der Waals surface area contributed by atoms with E-state index in [1.165, 1.54) is 37.0 Å². The van der Waals surface area contributed by atoms with E-state index in [1.807, 2.05) is 0 Å². The van der Waals surface area contributed by atoms with E-state index < -0.39 is 10.0 Å². The molecule has 0 unspecified atom stereocenters. The van der Waals surface area contributed by atoms with Gasteiger partial charge in [0.1, 0.15) is 0 Å². The average Bonchev–Trinajstić information content (AvgIpc) is 2.82. The summed E-state index contributed by atoms with van der Waals surface area (Å²) in [5.74, 6) is -0.134. The van der Waals surface area contributed by atoms with E-state index >= 15 is 0 Å². The summed E-state index contributed by atoms with van der Waals surface area (Å²) in [6.45, 7) is 5.06. The SMILES string of the molecule is CC[C@@H]1CCCCN1CCCNC(=O)c1ccc(N(C)S(=O)(=O)c2ccccc2)cc1. The Morgan fingerprint density at radius 1 is 1.10 bits per heavy atom. The molecule has 3 rings (SSSR count). The van der Waals surface area contributed by atoms with Crippen LogP contribution in [0, 0.1) is 0 Å². The summed E-state index contributed by atoms with van der Waals surface area (Å²) in [4.78, 5) is 15.2. The first kappa shape index (κ1) is 23.3. The third-order valence-electron chi connectivity index (χ3n) is 6.02. The smallest absolute Gasteiger partial charge is 0.264 e. The van der Waals surface area contributed by atoms with Gasteiger partial charge >= 0.3 is 0 Å². The maximum atomic E-state index is 12.7. The molecule has 1 saturated heterocycles. The standard InChI is InChI=1S/C24H33N3O3S/c1-3-21-10-7-8-18-27(21)19-9-17-25-24(28)20-13-15-22(16-14-20)26(2)31(29,30)23-11-5-4-6-12-23/h4-6,11-16,21H,3,7-10,17-19H2,1-2H3,(H,25,28)/t21-/m1/s1. The number of rotatable bonds is 9. The quantitative estimate of drug-likeness (QED) is 0.597. The second-order valence-electron chi connectivity index (χ2n) is 8.04. The maximum Gasteiger partial charge on any atom is 0.264 e. The fourth-order valence-electron chi connectivity index (χ4n) is 4.11. The van der Waals surface area contributed by atoms with Crippen LogP contribution < -0.4 is 9.62 Å². The number of nitrogens with zero attached hydrogens (tertiary/aromatic N) is 2. The molecule has 0 radical (unpaired) electrons. The number of sulfonamides is 1. The van der Waals surface area contributed by atoms with Gasteiger partial charge in [0.2, 0.25) is 0 Å². The Bertz CT molecular complexity index is 946. The van der Waals surface area contributed by atoms with E-state index in [2.05, 4.69) is 17.1 Å². The van der Waals surface area contributed by atoms with Crippen molar-refractivity contribution in [2.24, 2.45) is 0 Å². The van der Waals surface area contributed by atoms with Gasteiger partial charge in [-0.15, -0.1) is 0 Å². The van der Waals surface area contributed by atoms with Gasteiger partial charge in [0.15, 0.2) is 0 Å². The van der Waals surface area contributed by atoms with Crippen LogP contribution in [-0.4, -0.2) is 51.9 Å². The normalized spacial score (nSPS) is 17.3. The fourth-order valence-corrected chi connectivity index (χ4v) is 5.33. The lowest BCUT2D eigenvalue weighted by Gasteiger charge is -2.35. The Labute approximate surface area is 186 Å². The molecule has 1 N–H and O–H groups in total. The second kappa shape index (κ2) is 10.8. The highest BCUT2D eigenvalue weighted by molar-refractivity contribution is 7.92. The van der Waals surface area contributed by atoms with Gasteiger partial charge < -0.3 is 10.2 Å². The summed E-state index contributed by atoms with van der Waals surface area (Å²) >= 11 is 0. The highest BCUT2D eigenvalue weighted by Crippen LogP contribution is 2.22. The molecule has 31 heavy (non-hydrogen) atoms. The monoisotopic (exact) mass is 443 g/mol. The van der Waals surface area contributed by atoms with Gasteiger partial charge in [0.25, 0.3) is 15.9 Å². The Hall–Kier alpha value is -2.38. The van der Waals surface area contributed by atoms with E-state index in [0.717, 1.165) is 19.5 Å². The zero-order chi connectivity index (χ0) is 22.3. The molecule has 2 aromatic rings. The number of anilines is 1. The van der Waals surface area contributed by atoms with Crippen molar-refractivity contribution in [2.75, 3.05) is 31.0 Å². The van der Waals surface area contributed by atoms with Crippen molar-refractivity contribution in [3.8, 4) is 0 Å². The molecule has 1 aliphatic heterocycles. The number of piperidine rings is 1. The molecule has 1 atom stereocenters. The van der Waals surface area contributed by atoms with Crippen LogP contribution in [0.1, 0.15) is 49.4 Å². The van der Waals surface area contributed by atoms with Crippen molar-refractivity contribution < 1.29 is 13.2 Å². The molecule has 0 aliphatic carbocycles. The van der Waals surface area contributed by atoms with Gasteiger partial charge in [-0.25, -0.2) is 8.42 Å². The molecule has 0 aromatic heterocycles. The Balaban J connectivity index is 1.52. The van der Waals surface area contributed by atoms with Gasteiger partial charge in [-0.3, -0.25) is 9.10 Å². The highest BCUT2D eigenvalue weighted by Gasteiger charge is 2.21. The summed E-state index contributed by atoms with van der Waals surface area (Å²) in [6.07, 6.45) is 5.99. The first-order chi connectivity index (χ1) is 14.9. The first-order valence-corrected chi connectivity index (χ1v) is 12.5. The van der Waals surface area contributed by atoms with Crippen LogP contribution in [0.4, 0.5) is 5.69 Å². The van der Waals surface area contributed by atoms with Crippen LogP contribution in [0.25, 0.3) is 0 Å². The van der Waals surface area contributed by atoms with Crippen molar-refractivity contribution >= 4 is 21.6 Å². The van der Waals surface area contributed by atoms with E-state index in [4.69, 9.17) is 0 Å². The van der Waals surface area contributed by atoms with Gasteiger partial charge in [0, 0.05) is 31.7 Å². The Morgan fingerprint density at radius 2 is 1.81 bits per heavy atom. The number of carbonyl (C=O) groups excluding carboxylic acids is 1. The fraction of sp³-hybridized carbons (Fsp3) is 0.458. The van der Waals surface area contributed by atoms with Crippen molar-refractivity contribution in [1.29, 1.82) is 0 Å². The van der Waals surface area contributed by atoms with Crippen molar-refractivity contribution in [2.45, 2.75) is 50.0 Å². The minimum absolute atomic E-state index is 0.134. The Morgan fingerprint density at radius 3 is 2.48 bits per heavy atom. The molecular weight excluding hydrogens is 410 g/mol. The third-order valence-corrected chi connectivity index (χ3v) is 7.82. The van der Waals surface area contributed by atoms with Crippen LogP contribution >= 0.6 is 0 Å². The van der Waals surface area contributed by atoms with Crippen LogP contribution in [0.15, 0.2) is 59.5 Å². The molecule has 1 heterocycles. The molecule has 1 fully saturated rings. The summed E-state index contributed by atoms with van der Waals surface area (Å²) in [7, 11) is -2.12. The number of benzene rings is 2. The average molecular weight is 444 g/mol. The molecule has 0 saturated carbocycles. The molecule has 6 nitrogen and oxygen atoms in total. The topological polar surface area (TPSA) is 69.7 Å². The van der Waals surface area contributed by atoms with Crippen LogP contribution in [0.5, 0.6) is 0 Å². The van der Waals surface area contributed by atoms with Crippen molar-refractivity contribution in [3.63, 3.8) is 0 Å². The molecule has 1 aliphatic rings. The molecule has 7 heteroatoms. The minimum Gasteiger partial charge on any atom is -0.352 e. The predicted molar refractivity (Wildman–Crippen MR) is 125 cm³/mol. The molecular formula is C24H33N3O3S. The van der Waals surface area contributed by atoms with Crippen molar-refractivity contribution in [1.82, 2.24) is 10.2 Å². The molecule has 0 spiro atoms. The van der Waals surface area contributed by atoms with Gasteiger partial charge in [-0.1, -0.05) is 31.5 Å². The predicted octanol–water partition coefficient (Wildman–Crippen LogP) is 3.90. The first-order valence-electron chi connectivity index (χ1n) is 11.1. The third kappa shape index (κ3) is 5.86. The lowest BCUT2D eigenvalue weighted by atomic mass is 10.00. The van der Waals surface area contributed by atoms with Crippen LogP contribution in [0.3, 0.4) is 0 Å². The number of carbonyl (C=O) groups is 1. The van der Waals surface area contributed by atoms with Crippen LogP contribution in [-0.2, 0) is 10.0 Å². The lowest BCUT2D eigenvalue weighted by Crippen LogP contribution is -2.40. The molecule has 2 aromatic carbocycles. The number of hydrogen-bond donors (Lipinski definition) is 1. The lowest BCUT2D eigenvalue weighted by molar-refractivity contribution is 0.0947. The number of hydrogen-bond acceptors (Lipinski definition) is 4. The second-order valence-corrected chi connectivity index (χ2v) is 10.0. The van der Waals surface area contributed by atoms with Gasteiger partial charge in [-0.05, 0) is 68.6 Å². The van der Waals surface area contributed by atoms with Crippen LogP contribution in [0.2, 0.25) is 0 Å². The highest BCUT2D eigenvalue weighted by atomic mass is 32.2. The Kier molecular flexibility index (Phi) is 8.09. The van der Waals surface area contributed by atoms with E-state index in [-0.39, 0.29) is 10.8 Å². The summed E-state index contributed by atoms with van der Waals surface area (Å²) in [5.41, 5.74) is 1.04. The number of nitrogens with one attached hydrogen (secondary N) is 1. The molecule has 168 valence electrons. The van der Waals surface area contributed by atoms with E-state index in [9.17, 15) is 13.2 Å². The summed E-state index contributed by atoms with van der Waals surface area (Å²) in [6, 6.07) is 15.6. The zero-order valence-corrected chi connectivity index (χ0v) is 19.3. The number of amides is 1. The van der Waals surface area contributed by atoms with E-state index in [0.29, 0.717) is 23.8 Å². The molecule has 1 amide bonds. The number of likely N-dealkylation sites (tertiary alicyclic amines) is 1. The zero-order valence-electron chi connectivity index (χ0n) is 18.5. The maximum absolute atomic E-state index is 12.7. The minimum atomic E-state index is -3.63. The molecule has 0 bridgehead atoms. The summed E-state index contributed by atoms with van der Waals surface area (Å²) in [5, 5.41) is 2.98. The largest absolute Gasteiger partial charge is 0.352 e. The van der Waals surface area contributed by atoms with Gasteiger partial charge in [-0.2, -0.15) is 0 Å².